The van der Waals surface area contributed by atoms with Gasteiger partial charge in [0.1, 0.15) is 0 Å². The first-order chi connectivity index (χ1) is 7.59. The number of nitrogens with one attached hydrogen (secondary N) is 1. The molecule has 0 bridgehead atoms. The van der Waals surface area contributed by atoms with Crippen molar-refractivity contribution < 1.29 is 14.7 Å². The van der Waals surface area contributed by atoms with Gasteiger partial charge in [0.05, 0.1) is 0 Å². The van der Waals surface area contributed by atoms with Crippen LogP contribution in [0.15, 0.2) is 12.2 Å². The Morgan fingerprint density at radius 3 is 2.44 bits per heavy atom. The van der Waals surface area contributed by atoms with Gasteiger partial charge in [-0.3, -0.25) is 4.79 Å². The Bertz CT molecular complexity index is 280. The number of carbonyl (C=O) groups is 2. The molecule has 1 atom stereocenters. The van der Waals surface area contributed by atoms with Crippen molar-refractivity contribution in [2.75, 3.05) is 0 Å². The van der Waals surface area contributed by atoms with Crippen molar-refractivity contribution in [3.8, 4) is 0 Å². The molecular formula is C12H19NO3. The maximum atomic E-state index is 11.3. The first-order valence-electron chi connectivity index (χ1n) is 5.81. The Hall–Kier alpha value is -1.32. The van der Waals surface area contributed by atoms with Crippen LogP contribution in [-0.2, 0) is 9.59 Å². The van der Waals surface area contributed by atoms with Gasteiger partial charge >= 0.3 is 5.97 Å². The average molecular weight is 225 g/mol. The molecule has 0 aromatic rings. The van der Waals surface area contributed by atoms with Crippen molar-refractivity contribution in [2.45, 2.75) is 45.1 Å². The fraction of sp³-hybridized carbons (Fsp3) is 0.667. The molecule has 1 amide bonds. The van der Waals surface area contributed by atoms with E-state index >= 15 is 0 Å². The zero-order valence-electron chi connectivity index (χ0n) is 9.61. The van der Waals surface area contributed by atoms with Gasteiger partial charge in [0.25, 0.3) is 0 Å². The first-order valence-corrected chi connectivity index (χ1v) is 5.81. The zero-order valence-corrected chi connectivity index (χ0v) is 9.61. The van der Waals surface area contributed by atoms with Gasteiger partial charge < -0.3 is 10.4 Å². The van der Waals surface area contributed by atoms with E-state index in [1.165, 1.54) is 19.3 Å². The summed E-state index contributed by atoms with van der Waals surface area (Å²) in [5.74, 6) is -0.878. The highest BCUT2D eigenvalue weighted by Crippen LogP contribution is 2.26. The molecule has 0 saturated heterocycles. The normalized spacial score (nSPS) is 19.6. The Balaban J connectivity index is 2.34. The number of hydrogen-bond acceptors (Lipinski definition) is 2. The number of rotatable bonds is 4. The van der Waals surface area contributed by atoms with Gasteiger partial charge in [-0.05, 0) is 25.7 Å². The lowest BCUT2D eigenvalue weighted by Crippen LogP contribution is -2.38. The monoisotopic (exact) mass is 225 g/mol. The summed E-state index contributed by atoms with van der Waals surface area (Å²) in [5, 5.41) is 11.2. The lowest BCUT2D eigenvalue weighted by molar-refractivity contribution is -0.131. The van der Waals surface area contributed by atoms with Gasteiger partial charge in [-0.1, -0.05) is 19.3 Å². The van der Waals surface area contributed by atoms with Crippen LogP contribution in [0.4, 0.5) is 0 Å². The lowest BCUT2D eigenvalue weighted by atomic mass is 9.84. The van der Waals surface area contributed by atoms with Crippen molar-refractivity contribution in [3.05, 3.63) is 12.2 Å². The van der Waals surface area contributed by atoms with Crippen LogP contribution in [0, 0.1) is 5.92 Å². The highest BCUT2D eigenvalue weighted by atomic mass is 16.4. The summed E-state index contributed by atoms with van der Waals surface area (Å²) in [4.78, 5) is 21.6. The summed E-state index contributed by atoms with van der Waals surface area (Å²) in [6.45, 7) is 1.99. The van der Waals surface area contributed by atoms with Crippen molar-refractivity contribution in [3.63, 3.8) is 0 Å². The molecule has 16 heavy (non-hydrogen) atoms. The molecule has 0 heterocycles. The van der Waals surface area contributed by atoms with Crippen LogP contribution in [0.1, 0.15) is 39.0 Å². The second-order valence-electron chi connectivity index (χ2n) is 4.37. The zero-order chi connectivity index (χ0) is 12.0. The maximum absolute atomic E-state index is 11.3. The third-order valence-corrected chi connectivity index (χ3v) is 3.10. The van der Waals surface area contributed by atoms with Crippen LogP contribution in [-0.4, -0.2) is 23.0 Å². The van der Waals surface area contributed by atoms with E-state index in [1.807, 2.05) is 6.92 Å². The van der Waals surface area contributed by atoms with Gasteiger partial charge in [0.15, 0.2) is 0 Å². The average Bonchev–Trinajstić information content (AvgIpc) is 2.27. The molecule has 1 fully saturated rings. The van der Waals surface area contributed by atoms with Crippen LogP contribution < -0.4 is 5.32 Å². The van der Waals surface area contributed by atoms with Crippen LogP contribution >= 0.6 is 0 Å². The smallest absolute Gasteiger partial charge is 0.328 e. The number of amides is 1. The molecule has 2 N–H and O–H groups in total. The number of hydrogen-bond donors (Lipinski definition) is 2. The summed E-state index contributed by atoms with van der Waals surface area (Å²) >= 11 is 0. The van der Waals surface area contributed by atoms with Crippen molar-refractivity contribution >= 4 is 11.9 Å². The summed E-state index contributed by atoms with van der Waals surface area (Å²) in [6, 6.07) is 0.131. The Morgan fingerprint density at radius 1 is 1.25 bits per heavy atom. The highest BCUT2D eigenvalue weighted by Gasteiger charge is 2.20. The van der Waals surface area contributed by atoms with Gasteiger partial charge in [-0.15, -0.1) is 0 Å². The van der Waals surface area contributed by atoms with Gasteiger partial charge in [0, 0.05) is 18.2 Å². The van der Waals surface area contributed by atoms with E-state index in [4.69, 9.17) is 5.11 Å². The molecule has 1 aliphatic rings. The number of carboxylic acids is 1. The summed E-state index contributed by atoms with van der Waals surface area (Å²) < 4.78 is 0. The minimum absolute atomic E-state index is 0.131. The molecule has 1 rings (SSSR count). The summed E-state index contributed by atoms with van der Waals surface area (Å²) in [5.41, 5.74) is 0. The summed E-state index contributed by atoms with van der Waals surface area (Å²) in [7, 11) is 0. The van der Waals surface area contributed by atoms with Gasteiger partial charge in [-0.2, -0.15) is 0 Å². The van der Waals surface area contributed by atoms with Gasteiger partial charge in [-0.25, -0.2) is 4.79 Å². The molecule has 1 saturated carbocycles. The van der Waals surface area contributed by atoms with E-state index in [-0.39, 0.29) is 11.9 Å². The first kappa shape index (κ1) is 12.7. The molecule has 0 aromatic heterocycles. The fourth-order valence-electron chi connectivity index (χ4n) is 2.17. The van der Waals surface area contributed by atoms with Crippen molar-refractivity contribution in [2.24, 2.45) is 5.92 Å². The van der Waals surface area contributed by atoms with E-state index in [1.54, 1.807) is 0 Å². The van der Waals surface area contributed by atoms with E-state index in [0.717, 1.165) is 25.0 Å². The predicted molar refractivity (Wildman–Crippen MR) is 61.0 cm³/mol. The second-order valence-corrected chi connectivity index (χ2v) is 4.37. The summed E-state index contributed by atoms with van der Waals surface area (Å²) in [6.07, 6.45) is 8.00. The molecule has 0 radical (unpaired) electrons. The van der Waals surface area contributed by atoms with E-state index in [9.17, 15) is 9.59 Å². The molecule has 0 spiro atoms. The number of carbonyl (C=O) groups excluding carboxylic acids is 1. The molecule has 0 aliphatic heterocycles. The Morgan fingerprint density at radius 2 is 1.88 bits per heavy atom. The molecule has 0 unspecified atom stereocenters. The topological polar surface area (TPSA) is 66.4 Å². The van der Waals surface area contributed by atoms with E-state index < -0.39 is 5.97 Å². The molecule has 0 aromatic carbocycles. The standard InChI is InChI=1S/C12H19NO3/c1-9(10-5-3-2-4-6-10)13-11(14)7-8-12(15)16/h7-10H,2-6H2,1H3,(H,13,14)(H,15,16)/b8-7+/t9-/m0/s1. The number of aliphatic carboxylic acids is 1. The predicted octanol–water partition coefficient (Wildman–Crippen LogP) is 1.71. The SMILES string of the molecule is C[C@H](NC(=O)/C=C/C(=O)O)C1CCCCC1. The third-order valence-electron chi connectivity index (χ3n) is 3.10. The van der Waals surface area contributed by atoms with Crippen molar-refractivity contribution in [1.82, 2.24) is 5.32 Å². The Labute approximate surface area is 95.7 Å². The van der Waals surface area contributed by atoms with Crippen LogP contribution in [0.2, 0.25) is 0 Å². The van der Waals surface area contributed by atoms with Crippen molar-refractivity contribution in [1.29, 1.82) is 0 Å². The quantitative estimate of drug-likeness (QED) is 0.716. The molecule has 1 aliphatic carbocycles. The van der Waals surface area contributed by atoms with Crippen LogP contribution in [0.5, 0.6) is 0 Å². The van der Waals surface area contributed by atoms with Crippen LogP contribution in [0.25, 0.3) is 0 Å². The fourth-order valence-corrected chi connectivity index (χ4v) is 2.17. The number of carboxylic acid groups (broad SMARTS) is 1. The third kappa shape index (κ3) is 4.47. The minimum atomic E-state index is -1.10. The maximum Gasteiger partial charge on any atom is 0.328 e. The molecule has 4 heteroatoms. The Kier molecular flexibility index (Phi) is 5.02. The molecular weight excluding hydrogens is 206 g/mol. The van der Waals surface area contributed by atoms with Crippen LogP contribution in [0.3, 0.4) is 0 Å². The molecule has 90 valence electrons. The molecule has 4 nitrogen and oxygen atoms in total. The largest absolute Gasteiger partial charge is 0.478 e. The highest BCUT2D eigenvalue weighted by molar-refractivity contribution is 5.93. The minimum Gasteiger partial charge on any atom is -0.478 e. The second kappa shape index (κ2) is 6.30. The van der Waals surface area contributed by atoms with E-state index in [2.05, 4.69) is 5.32 Å². The van der Waals surface area contributed by atoms with Gasteiger partial charge in [0.2, 0.25) is 5.91 Å². The van der Waals surface area contributed by atoms with E-state index in [0.29, 0.717) is 5.92 Å². The lowest BCUT2D eigenvalue weighted by Gasteiger charge is -2.27.